The first-order chi connectivity index (χ1) is 14.8. The molecule has 12 heteroatoms. The quantitative estimate of drug-likeness (QED) is 0.600. The van der Waals surface area contributed by atoms with Crippen molar-refractivity contribution < 1.29 is 19.0 Å². The summed E-state index contributed by atoms with van der Waals surface area (Å²) in [5.74, 6) is 0. The third-order valence-electron chi connectivity index (χ3n) is 4.76. The van der Waals surface area contributed by atoms with Crippen LogP contribution in [0.25, 0.3) is 0 Å². The molecule has 5 rings (SSSR count). The van der Waals surface area contributed by atoms with Crippen molar-refractivity contribution in [1.82, 2.24) is 30.2 Å². The van der Waals surface area contributed by atoms with E-state index in [0.717, 1.165) is 0 Å². The maximum atomic E-state index is 12.2. The van der Waals surface area contributed by atoms with Crippen LogP contribution in [0.5, 0.6) is 0 Å². The Kier molecular flexibility index (Phi) is 5.26. The van der Waals surface area contributed by atoms with Crippen molar-refractivity contribution in [3.05, 3.63) is 48.8 Å². The average Bonchev–Trinajstić information content (AvgIpc) is 3.47. The number of tetrazole rings is 1. The monoisotopic (exact) mass is 427 g/mol. The summed E-state index contributed by atoms with van der Waals surface area (Å²) in [6.45, 7) is 0.574. The van der Waals surface area contributed by atoms with Crippen LogP contribution in [0.3, 0.4) is 0 Å². The van der Waals surface area contributed by atoms with Crippen LogP contribution in [-0.2, 0) is 14.2 Å². The molecule has 1 amide bonds. The highest BCUT2D eigenvalue weighted by atomic mass is 32.2. The number of rotatable bonds is 5. The van der Waals surface area contributed by atoms with E-state index < -0.39 is 18.3 Å². The normalized spacial score (nSPS) is 25.1. The van der Waals surface area contributed by atoms with E-state index in [-0.39, 0.29) is 18.8 Å². The number of nitrogens with zero attached hydrogens (tertiary/aromatic N) is 6. The van der Waals surface area contributed by atoms with Gasteiger partial charge < -0.3 is 14.2 Å². The highest BCUT2D eigenvalue weighted by Gasteiger charge is 2.51. The van der Waals surface area contributed by atoms with Crippen molar-refractivity contribution in [2.24, 2.45) is 0 Å². The van der Waals surface area contributed by atoms with Crippen molar-refractivity contribution >= 4 is 23.5 Å². The molecule has 2 saturated heterocycles. The van der Waals surface area contributed by atoms with Gasteiger partial charge in [-0.25, -0.2) is 19.4 Å². The van der Waals surface area contributed by atoms with Gasteiger partial charge in [0.15, 0.2) is 11.3 Å². The highest BCUT2D eigenvalue weighted by Crippen LogP contribution is 2.37. The molecule has 11 nitrogen and oxygen atoms in total. The van der Waals surface area contributed by atoms with Gasteiger partial charge in [0.1, 0.15) is 18.2 Å². The molecule has 0 radical (unpaired) electrons. The molecule has 1 aromatic carbocycles. The van der Waals surface area contributed by atoms with Gasteiger partial charge in [-0.1, -0.05) is 18.2 Å². The van der Waals surface area contributed by atoms with Gasteiger partial charge in [0.05, 0.1) is 13.2 Å². The van der Waals surface area contributed by atoms with Gasteiger partial charge in [-0.3, -0.25) is 5.32 Å². The molecule has 2 aromatic heterocycles. The number of amides is 1. The Bertz CT molecular complexity index is 1010. The molecule has 154 valence electrons. The Morgan fingerprint density at radius 3 is 2.73 bits per heavy atom. The number of nitrogens with one attached hydrogen (secondary N) is 1. The molecule has 30 heavy (non-hydrogen) atoms. The second-order valence-corrected chi connectivity index (χ2v) is 7.57. The lowest BCUT2D eigenvalue weighted by Crippen LogP contribution is -2.35. The van der Waals surface area contributed by atoms with Crippen LogP contribution in [-0.4, -0.2) is 67.8 Å². The van der Waals surface area contributed by atoms with Crippen LogP contribution in [0.4, 0.5) is 10.5 Å². The fourth-order valence-corrected chi connectivity index (χ4v) is 4.17. The Hall–Kier alpha value is -3.09. The van der Waals surface area contributed by atoms with Crippen LogP contribution in [0.15, 0.2) is 59.1 Å². The van der Waals surface area contributed by atoms with E-state index in [1.807, 2.05) is 18.2 Å². The summed E-state index contributed by atoms with van der Waals surface area (Å²) < 4.78 is 19.0. The highest BCUT2D eigenvalue weighted by molar-refractivity contribution is 7.99. The maximum absolute atomic E-state index is 12.2. The van der Waals surface area contributed by atoms with Gasteiger partial charge in [0, 0.05) is 18.1 Å². The van der Waals surface area contributed by atoms with Crippen molar-refractivity contribution in [3.63, 3.8) is 0 Å². The number of anilines is 1. The molecule has 2 aliphatic heterocycles. The summed E-state index contributed by atoms with van der Waals surface area (Å²) in [5, 5.41) is 15.7. The van der Waals surface area contributed by atoms with E-state index in [9.17, 15) is 4.79 Å². The Balaban J connectivity index is 1.24. The first-order valence-corrected chi connectivity index (χ1v) is 10.1. The van der Waals surface area contributed by atoms with Crippen molar-refractivity contribution in [2.45, 2.75) is 34.7 Å². The summed E-state index contributed by atoms with van der Waals surface area (Å²) in [6.07, 6.45) is 1.50. The van der Waals surface area contributed by atoms with Gasteiger partial charge in [-0.15, -0.1) is 5.10 Å². The summed E-state index contributed by atoms with van der Waals surface area (Å²) in [4.78, 5) is 20.6. The van der Waals surface area contributed by atoms with Crippen molar-refractivity contribution in [1.29, 1.82) is 0 Å². The number of benzene rings is 1. The van der Waals surface area contributed by atoms with Gasteiger partial charge in [0.2, 0.25) is 5.16 Å². The summed E-state index contributed by atoms with van der Waals surface area (Å²) in [7, 11) is 0. The molecule has 4 heterocycles. The SMILES string of the molecule is O=C(Nc1ccccc1)O[C@H]1CO[C@@H]2[C@@H]1OC[C@@H]2n1nnnc1Sc1ncccn1. The van der Waals surface area contributed by atoms with Gasteiger partial charge >= 0.3 is 6.09 Å². The topological polar surface area (TPSA) is 126 Å². The largest absolute Gasteiger partial charge is 0.441 e. The molecule has 0 spiro atoms. The Labute approximate surface area is 175 Å². The zero-order valence-corrected chi connectivity index (χ0v) is 16.4. The average molecular weight is 427 g/mol. The molecule has 0 aliphatic carbocycles. The number of fused-ring (bicyclic) bond motifs is 1. The number of carbonyl (C=O) groups is 1. The van der Waals surface area contributed by atoms with Crippen LogP contribution >= 0.6 is 11.8 Å². The minimum absolute atomic E-state index is 0.237. The number of hydrogen-bond donors (Lipinski definition) is 1. The van der Waals surface area contributed by atoms with Crippen LogP contribution < -0.4 is 5.32 Å². The van der Waals surface area contributed by atoms with E-state index in [1.54, 1.807) is 35.3 Å². The molecule has 0 unspecified atom stereocenters. The third kappa shape index (κ3) is 3.84. The molecule has 4 atom stereocenters. The maximum Gasteiger partial charge on any atom is 0.412 e. The summed E-state index contributed by atoms with van der Waals surface area (Å²) in [5.41, 5.74) is 0.654. The minimum Gasteiger partial charge on any atom is -0.441 e. The van der Waals surface area contributed by atoms with E-state index in [0.29, 0.717) is 22.6 Å². The standard InChI is InChI=1S/C18H17N7O4S/c26-18(21-11-5-2-1-3-6-11)29-13-10-28-14-12(9-27-15(13)14)25-17(22-23-24-25)30-16-19-7-4-8-20-16/h1-8,12-15H,9-10H2,(H,21,26)/t12-,13-,14-,15+/m0/s1. The molecule has 0 saturated carbocycles. The molecule has 2 aliphatic rings. The van der Waals surface area contributed by atoms with Crippen LogP contribution in [0, 0.1) is 0 Å². The van der Waals surface area contributed by atoms with E-state index >= 15 is 0 Å². The summed E-state index contributed by atoms with van der Waals surface area (Å²) in [6, 6.07) is 10.6. The van der Waals surface area contributed by atoms with Crippen LogP contribution in [0.2, 0.25) is 0 Å². The number of aromatic nitrogens is 6. The predicted octanol–water partition coefficient (Wildman–Crippen LogP) is 1.57. The number of carbonyl (C=O) groups excluding carboxylic acids is 1. The minimum atomic E-state index is -0.553. The zero-order chi connectivity index (χ0) is 20.3. The summed E-state index contributed by atoms with van der Waals surface area (Å²) >= 11 is 1.25. The number of ether oxygens (including phenoxy) is 3. The third-order valence-corrected chi connectivity index (χ3v) is 5.61. The fraction of sp³-hybridized carbons (Fsp3) is 0.333. The van der Waals surface area contributed by atoms with Crippen molar-refractivity contribution in [3.8, 4) is 0 Å². The molecular weight excluding hydrogens is 410 g/mol. The van der Waals surface area contributed by atoms with E-state index in [1.165, 1.54) is 11.8 Å². The molecule has 1 N–H and O–H groups in total. The zero-order valence-electron chi connectivity index (χ0n) is 15.6. The second kappa shape index (κ2) is 8.34. The first kappa shape index (κ1) is 18.9. The number of hydrogen-bond acceptors (Lipinski definition) is 10. The molecular formula is C18H17N7O4S. The Morgan fingerprint density at radius 1 is 1.10 bits per heavy atom. The van der Waals surface area contributed by atoms with E-state index in [2.05, 4.69) is 30.8 Å². The smallest absolute Gasteiger partial charge is 0.412 e. The van der Waals surface area contributed by atoms with Crippen LogP contribution in [0.1, 0.15) is 6.04 Å². The molecule has 3 aromatic rings. The fourth-order valence-electron chi connectivity index (χ4n) is 3.44. The van der Waals surface area contributed by atoms with Gasteiger partial charge in [-0.05, 0) is 40.4 Å². The lowest BCUT2D eigenvalue weighted by molar-refractivity contribution is 0.00751. The lowest BCUT2D eigenvalue weighted by atomic mass is 10.1. The molecule has 2 fully saturated rings. The lowest BCUT2D eigenvalue weighted by Gasteiger charge is -2.17. The predicted molar refractivity (Wildman–Crippen MR) is 103 cm³/mol. The van der Waals surface area contributed by atoms with Gasteiger partial charge in [0.25, 0.3) is 0 Å². The Morgan fingerprint density at radius 2 is 1.90 bits per heavy atom. The van der Waals surface area contributed by atoms with E-state index in [4.69, 9.17) is 14.2 Å². The first-order valence-electron chi connectivity index (χ1n) is 9.26. The number of para-hydroxylation sites is 1. The second-order valence-electron chi connectivity index (χ2n) is 6.64. The molecule has 0 bridgehead atoms. The van der Waals surface area contributed by atoms with Gasteiger partial charge in [-0.2, -0.15) is 0 Å². The van der Waals surface area contributed by atoms with Crippen molar-refractivity contribution in [2.75, 3.05) is 18.5 Å².